The van der Waals surface area contributed by atoms with Crippen molar-refractivity contribution >= 4 is 23.5 Å². The summed E-state index contributed by atoms with van der Waals surface area (Å²) in [7, 11) is 0. The number of H-pyrrole nitrogens is 1. The van der Waals surface area contributed by atoms with E-state index in [-0.39, 0.29) is 0 Å². The van der Waals surface area contributed by atoms with Crippen molar-refractivity contribution in [2.75, 3.05) is 5.32 Å². The lowest BCUT2D eigenvalue weighted by molar-refractivity contribution is 0.215. The summed E-state index contributed by atoms with van der Waals surface area (Å²) < 4.78 is 5.13. The molecule has 6 heteroatoms. The van der Waals surface area contributed by atoms with Crippen LogP contribution in [0.25, 0.3) is 11.3 Å². The Balaban J connectivity index is 1.68. The number of carbonyl (C=O) groups excluding carboxylic acids is 1. The van der Waals surface area contributed by atoms with Gasteiger partial charge in [0.05, 0.1) is 5.69 Å². The molecule has 0 bridgehead atoms. The molecule has 5 nitrogen and oxygen atoms in total. The van der Waals surface area contributed by atoms with E-state index in [4.69, 9.17) is 16.3 Å². The van der Waals surface area contributed by atoms with E-state index in [1.165, 1.54) is 0 Å². The summed E-state index contributed by atoms with van der Waals surface area (Å²) in [6.07, 6.45) is -0.602. The number of nitrogens with zero attached hydrogens (tertiary/aromatic N) is 1. The van der Waals surface area contributed by atoms with Gasteiger partial charge in [0, 0.05) is 16.7 Å². The van der Waals surface area contributed by atoms with Crippen LogP contribution >= 0.6 is 11.6 Å². The summed E-state index contributed by atoms with van der Waals surface area (Å²) in [6, 6.07) is 17.8. The Morgan fingerprint density at radius 3 is 2.68 bits per heavy atom. The fraction of sp³-hybridized carbons (Fsp3) is 0. The first-order valence-corrected chi connectivity index (χ1v) is 6.94. The molecule has 22 heavy (non-hydrogen) atoms. The molecule has 1 heterocycles. The molecular weight excluding hydrogens is 302 g/mol. The molecule has 0 fully saturated rings. The van der Waals surface area contributed by atoms with Gasteiger partial charge in [-0.15, -0.1) is 0 Å². The van der Waals surface area contributed by atoms with Gasteiger partial charge >= 0.3 is 6.09 Å². The second-order valence-corrected chi connectivity index (χ2v) is 4.94. The van der Waals surface area contributed by atoms with Crippen molar-refractivity contribution in [3.63, 3.8) is 0 Å². The van der Waals surface area contributed by atoms with Gasteiger partial charge < -0.3 is 4.74 Å². The molecule has 2 N–H and O–H groups in total. The van der Waals surface area contributed by atoms with E-state index in [0.717, 1.165) is 11.3 Å². The molecule has 0 radical (unpaired) electrons. The molecule has 2 aromatic carbocycles. The number of aromatic nitrogens is 2. The molecule has 3 rings (SSSR count). The molecule has 0 aliphatic rings. The van der Waals surface area contributed by atoms with Crippen molar-refractivity contribution in [1.29, 1.82) is 0 Å². The Morgan fingerprint density at radius 2 is 1.91 bits per heavy atom. The van der Waals surface area contributed by atoms with E-state index in [1.807, 2.05) is 18.2 Å². The molecule has 1 amide bonds. The fourth-order valence-corrected chi connectivity index (χ4v) is 2.11. The Bertz CT molecular complexity index is 787. The van der Waals surface area contributed by atoms with Gasteiger partial charge in [-0.25, -0.2) is 4.79 Å². The van der Waals surface area contributed by atoms with Crippen LogP contribution in [0.3, 0.4) is 0 Å². The molecule has 0 aliphatic carbocycles. The number of ether oxygens (including phenoxy) is 1. The van der Waals surface area contributed by atoms with Gasteiger partial charge in [0.2, 0.25) is 0 Å². The number of anilines is 1. The lowest BCUT2D eigenvalue weighted by Gasteiger charge is -2.03. The number of hydrogen-bond acceptors (Lipinski definition) is 3. The molecule has 3 aromatic rings. The van der Waals surface area contributed by atoms with Crippen LogP contribution < -0.4 is 10.1 Å². The highest BCUT2D eigenvalue weighted by atomic mass is 35.5. The number of amides is 1. The first-order chi connectivity index (χ1) is 10.7. The van der Waals surface area contributed by atoms with Crippen LogP contribution in [0.5, 0.6) is 5.75 Å². The quantitative estimate of drug-likeness (QED) is 0.755. The van der Waals surface area contributed by atoms with Crippen LogP contribution in [0, 0.1) is 0 Å². The lowest BCUT2D eigenvalue weighted by Crippen LogP contribution is -2.16. The average molecular weight is 314 g/mol. The molecule has 0 saturated carbocycles. The van der Waals surface area contributed by atoms with Gasteiger partial charge in [-0.1, -0.05) is 41.9 Å². The second-order valence-electron chi connectivity index (χ2n) is 4.50. The predicted octanol–water partition coefficient (Wildman–Crippen LogP) is 4.34. The molecule has 0 atom stereocenters. The zero-order chi connectivity index (χ0) is 15.4. The summed E-state index contributed by atoms with van der Waals surface area (Å²) in [4.78, 5) is 11.8. The van der Waals surface area contributed by atoms with Gasteiger partial charge in [-0.05, 0) is 24.3 Å². The normalized spacial score (nSPS) is 10.2. The minimum atomic E-state index is -0.602. The summed E-state index contributed by atoms with van der Waals surface area (Å²) in [5.41, 5.74) is 1.63. The first-order valence-electron chi connectivity index (χ1n) is 6.56. The Kier molecular flexibility index (Phi) is 4.07. The van der Waals surface area contributed by atoms with Crippen LogP contribution in [0.2, 0.25) is 5.02 Å². The van der Waals surface area contributed by atoms with Gasteiger partial charge in [0.1, 0.15) is 5.75 Å². The largest absolute Gasteiger partial charge is 0.418 e. The zero-order valence-electron chi connectivity index (χ0n) is 11.4. The molecular formula is C16H12ClN3O2. The number of aromatic amines is 1. The van der Waals surface area contributed by atoms with E-state index >= 15 is 0 Å². The van der Waals surface area contributed by atoms with Crippen LogP contribution in [0.1, 0.15) is 0 Å². The van der Waals surface area contributed by atoms with E-state index in [1.54, 1.807) is 42.5 Å². The molecule has 0 spiro atoms. The average Bonchev–Trinajstić information content (AvgIpc) is 2.96. The Morgan fingerprint density at radius 1 is 1.09 bits per heavy atom. The zero-order valence-corrected chi connectivity index (χ0v) is 12.2. The number of hydrogen-bond donors (Lipinski definition) is 2. The van der Waals surface area contributed by atoms with Gasteiger partial charge in [0.15, 0.2) is 5.82 Å². The number of nitrogens with one attached hydrogen (secondary N) is 2. The summed E-state index contributed by atoms with van der Waals surface area (Å²) in [6.45, 7) is 0. The molecule has 0 aliphatic heterocycles. The van der Waals surface area contributed by atoms with Gasteiger partial charge in [-0.2, -0.15) is 5.10 Å². The van der Waals surface area contributed by atoms with Gasteiger partial charge in [0.25, 0.3) is 0 Å². The minimum Gasteiger partial charge on any atom is -0.410 e. The first kappa shape index (κ1) is 14.2. The highest BCUT2D eigenvalue weighted by molar-refractivity contribution is 6.30. The second kappa shape index (κ2) is 6.32. The summed E-state index contributed by atoms with van der Waals surface area (Å²) >= 11 is 5.95. The summed E-state index contributed by atoms with van der Waals surface area (Å²) in [5, 5.41) is 10.1. The summed E-state index contributed by atoms with van der Waals surface area (Å²) in [5.74, 6) is 0.835. The highest BCUT2D eigenvalue weighted by Crippen LogP contribution is 2.22. The number of rotatable bonds is 3. The van der Waals surface area contributed by atoms with E-state index in [2.05, 4.69) is 15.5 Å². The smallest absolute Gasteiger partial charge is 0.410 e. The third-order valence-electron chi connectivity index (χ3n) is 2.90. The molecule has 1 aromatic heterocycles. The predicted molar refractivity (Wildman–Crippen MR) is 85.1 cm³/mol. The monoisotopic (exact) mass is 313 g/mol. The maximum atomic E-state index is 11.8. The van der Waals surface area contributed by atoms with Crippen molar-refractivity contribution in [2.45, 2.75) is 0 Å². The lowest BCUT2D eigenvalue weighted by atomic mass is 10.1. The van der Waals surface area contributed by atoms with Crippen LogP contribution in [-0.4, -0.2) is 16.3 Å². The molecule has 0 unspecified atom stereocenters. The Labute approximate surface area is 131 Å². The maximum absolute atomic E-state index is 11.8. The molecule has 110 valence electrons. The Hall–Kier alpha value is -2.79. The van der Waals surface area contributed by atoms with E-state index in [9.17, 15) is 4.79 Å². The third-order valence-corrected chi connectivity index (χ3v) is 3.13. The van der Waals surface area contributed by atoms with Crippen LogP contribution in [0.15, 0.2) is 60.7 Å². The standard InChI is InChI=1S/C16H12ClN3O2/c17-12-6-4-5-11(9-12)14-10-15(20-19-14)18-16(21)22-13-7-2-1-3-8-13/h1-10H,(H2,18,19,20,21). The number of halogens is 1. The maximum Gasteiger partial charge on any atom is 0.418 e. The minimum absolute atomic E-state index is 0.371. The topological polar surface area (TPSA) is 67.0 Å². The third kappa shape index (κ3) is 3.45. The van der Waals surface area contributed by atoms with Crippen molar-refractivity contribution in [3.05, 3.63) is 65.7 Å². The van der Waals surface area contributed by atoms with Crippen molar-refractivity contribution < 1.29 is 9.53 Å². The van der Waals surface area contributed by atoms with Crippen LogP contribution in [-0.2, 0) is 0 Å². The van der Waals surface area contributed by atoms with Crippen molar-refractivity contribution in [1.82, 2.24) is 10.2 Å². The van der Waals surface area contributed by atoms with Crippen molar-refractivity contribution in [2.24, 2.45) is 0 Å². The molecule has 0 saturated heterocycles. The van der Waals surface area contributed by atoms with E-state index in [0.29, 0.717) is 16.6 Å². The van der Waals surface area contributed by atoms with Gasteiger partial charge in [-0.3, -0.25) is 10.4 Å². The number of benzene rings is 2. The van der Waals surface area contributed by atoms with Crippen LogP contribution in [0.4, 0.5) is 10.6 Å². The number of carbonyl (C=O) groups is 1. The fourth-order valence-electron chi connectivity index (χ4n) is 1.92. The highest BCUT2D eigenvalue weighted by Gasteiger charge is 2.09. The SMILES string of the molecule is O=C(Nc1cc(-c2cccc(Cl)c2)[nH]n1)Oc1ccccc1. The van der Waals surface area contributed by atoms with Crippen molar-refractivity contribution in [3.8, 4) is 17.0 Å². The number of para-hydroxylation sites is 1. The van der Waals surface area contributed by atoms with E-state index < -0.39 is 6.09 Å².